The number of esters is 1. The number of para-hydroxylation sites is 1. The number of carbonyl (C=O) groups excluding carboxylic acids is 1. The number of carbonyl (C=O) groups is 1. The summed E-state index contributed by atoms with van der Waals surface area (Å²) < 4.78 is 17.4. The molecule has 0 aromatic heterocycles. The van der Waals surface area contributed by atoms with Gasteiger partial charge in [0.25, 0.3) is 0 Å². The second kappa shape index (κ2) is 4.70. The Morgan fingerprint density at radius 1 is 1.50 bits per heavy atom. The molecular weight excluding hydrogens is 276 g/mol. The van der Waals surface area contributed by atoms with Crippen molar-refractivity contribution in [3.8, 4) is 0 Å². The van der Waals surface area contributed by atoms with Crippen LogP contribution in [-0.4, -0.2) is 33.8 Å². The number of fused-ring (bicyclic) bond motifs is 3. The molecule has 1 unspecified atom stereocenters. The molecular formula is C14H16N2O3S. The summed E-state index contributed by atoms with van der Waals surface area (Å²) in [6, 6.07) is 7.50. The molecule has 0 aliphatic carbocycles. The molecule has 0 saturated heterocycles. The van der Waals surface area contributed by atoms with Gasteiger partial charge in [0, 0.05) is 6.42 Å². The summed E-state index contributed by atoms with van der Waals surface area (Å²) >= 11 is 0. The summed E-state index contributed by atoms with van der Waals surface area (Å²) in [5.74, 6) is 0.0857. The fraction of sp³-hybridized carbons (Fsp3) is 0.429. The fourth-order valence-electron chi connectivity index (χ4n) is 2.68. The summed E-state index contributed by atoms with van der Waals surface area (Å²) in [7, 11) is -1.06. The largest absolute Gasteiger partial charge is 0.461 e. The van der Waals surface area contributed by atoms with Crippen LogP contribution in [0.5, 0.6) is 0 Å². The molecule has 2 aliphatic heterocycles. The van der Waals surface area contributed by atoms with Crippen LogP contribution in [0.2, 0.25) is 0 Å². The number of benzene rings is 1. The monoisotopic (exact) mass is 292 g/mol. The van der Waals surface area contributed by atoms with Crippen LogP contribution in [-0.2, 0) is 20.3 Å². The maximum absolute atomic E-state index is 12.4. The van der Waals surface area contributed by atoms with Crippen LogP contribution in [0.1, 0.15) is 20.3 Å². The molecule has 0 N–H and O–H groups in total. The van der Waals surface area contributed by atoms with Crippen molar-refractivity contribution < 1.29 is 13.7 Å². The van der Waals surface area contributed by atoms with Gasteiger partial charge < -0.3 is 4.74 Å². The molecule has 1 aromatic rings. The molecule has 1 aromatic carbocycles. The summed E-state index contributed by atoms with van der Waals surface area (Å²) in [5.41, 5.74) is 0.809. The lowest BCUT2D eigenvalue weighted by Crippen LogP contribution is -2.48. The van der Waals surface area contributed by atoms with Gasteiger partial charge in [-0.15, -0.1) is 0 Å². The minimum Gasteiger partial charge on any atom is -0.461 e. The van der Waals surface area contributed by atoms with Gasteiger partial charge in [0.1, 0.15) is 5.71 Å². The first-order chi connectivity index (χ1) is 9.55. The van der Waals surface area contributed by atoms with Gasteiger partial charge in [-0.05, 0) is 26.0 Å². The molecule has 2 aliphatic rings. The van der Waals surface area contributed by atoms with E-state index in [1.165, 1.54) is 0 Å². The third-order valence-corrected chi connectivity index (χ3v) is 5.29. The van der Waals surface area contributed by atoms with Crippen molar-refractivity contribution >= 4 is 28.2 Å². The predicted molar refractivity (Wildman–Crippen MR) is 77.3 cm³/mol. The van der Waals surface area contributed by atoms with Crippen molar-refractivity contribution in [1.82, 2.24) is 0 Å². The van der Waals surface area contributed by atoms with E-state index < -0.39 is 16.3 Å². The van der Waals surface area contributed by atoms with Gasteiger partial charge in [-0.3, -0.25) is 9.22 Å². The van der Waals surface area contributed by atoms with E-state index >= 15 is 0 Å². The van der Waals surface area contributed by atoms with Gasteiger partial charge in [-0.1, -0.05) is 12.1 Å². The Morgan fingerprint density at radius 2 is 2.25 bits per heavy atom. The summed E-state index contributed by atoms with van der Waals surface area (Å²) in [6.07, 6.45) is 0.464. The minimum atomic E-state index is -1.06. The number of hydrogen-bond acceptors (Lipinski definition) is 5. The maximum atomic E-state index is 12.4. The van der Waals surface area contributed by atoms with Crippen molar-refractivity contribution in [3.05, 3.63) is 24.3 Å². The van der Waals surface area contributed by atoms with Crippen LogP contribution in [0.25, 0.3) is 0 Å². The molecule has 0 amide bonds. The zero-order valence-corrected chi connectivity index (χ0v) is 12.3. The third-order valence-electron chi connectivity index (χ3n) is 3.57. The minimum absolute atomic E-state index is 0.330. The Bertz CT molecular complexity index is 629. The third kappa shape index (κ3) is 1.95. The molecule has 106 valence electrons. The van der Waals surface area contributed by atoms with Crippen LogP contribution in [0, 0.1) is 0 Å². The van der Waals surface area contributed by atoms with E-state index in [-0.39, 0.29) is 5.97 Å². The highest BCUT2D eigenvalue weighted by molar-refractivity contribution is 7.85. The normalized spacial score (nSPS) is 27.6. The van der Waals surface area contributed by atoms with Gasteiger partial charge in [0.15, 0.2) is 0 Å². The first-order valence-corrected chi connectivity index (χ1v) is 7.89. The SMILES string of the molecule is CCOC(=O)C1=NN2c3ccccc3S(=O)C[C@]2(C)C1. The Morgan fingerprint density at radius 3 is 3.00 bits per heavy atom. The molecule has 0 spiro atoms. The number of hydrazone groups is 1. The maximum Gasteiger partial charge on any atom is 0.354 e. The molecule has 0 bridgehead atoms. The van der Waals surface area contributed by atoms with Crippen LogP contribution < -0.4 is 5.01 Å². The Labute approximate surface area is 120 Å². The van der Waals surface area contributed by atoms with E-state index in [0.29, 0.717) is 24.5 Å². The predicted octanol–water partition coefficient (Wildman–Crippen LogP) is 1.70. The lowest BCUT2D eigenvalue weighted by atomic mass is 9.97. The van der Waals surface area contributed by atoms with Crippen LogP contribution in [0.3, 0.4) is 0 Å². The fourth-order valence-corrected chi connectivity index (χ4v) is 4.24. The van der Waals surface area contributed by atoms with E-state index in [0.717, 1.165) is 10.6 Å². The van der Waals surface area contributed by atoms with Crippen molar-refractivity contribution in [3.63, 3.8) is 0 Å². The standard InChI is InChI=1S/C14H16N2O3S/c1-3-19-13(17)10-8-14(2)9-20(18)12-7-5-4-6-11(12)16(14)15-10/h4-7H,3,8-9H2,1-2H3/t14-,20?/m0/s1. The quantitative estimate of drug-likeness (QED) is 0.778. The van der Waals surface area contributed by atoms with Crippen molar-refractivity contribution in [2.24, 2.45) is 5.10 Å². The van der Waals surface area contributed by atoms with Crippen LogP contribution in [0.4, 0.5) is 5.69 Å². The molecule has 5 nitrogen and oxygen atoms in total. The van der Waals surface area contributed by atoms with E-state index in [2.05, 4.69) is 5.10 Å². The Kier molecular flexibility index (Phi) is 3.12. The van der Waals surface area contributed by atoms with E-state index in [1.807, 2.05) is 36.2 Å². The average Bonchev–Trinajstić information content (AvgIpc) is 2.77. The summed E-state index contributed by atoms with van der Waals surface area (Å²) in [5, 5.41) is 6.25. The Balaban J connectivity index is 2.02. The second-order valence-electron chi connectivity index (χ2n) is 5.21. The molecule has 6 heteroatoms. The second-order valence-corrected chi connectivity index (χ2v) is 6.63. The number of ether oxygens (including phenoxy) is 1. The van der Waals surface area contributed by atoms with Gasteiger partial charge in [0.05, 0.1) is 39.3 Å². The van der Waals surface area contributed by atoms with Crippen LogP contribution in [0.15, 0.2) is 34.3 Å². The first-order valence-electron chi connectivity index (χ1n) is 6.57. The average molecular weight is 292 g/mol. The van der Waals surface area contributed by atoms with E-state index in [4.69, 9.17) is 4.74 Å². The van der Waals surface area contributed by atoms with Crippen molar-refractivity contribution in [2.45, 2.75) is 30.7 Å². The molecule has 20 heavy (non-hydrogen) atoms. The summed E-state index contributed by atoms with van der Waals surface area (Å²) in [4.78, 5) is 12.6. The first kappa shape index (κ1) is 13.3. The Hall–Kier alpha value is -1.69. The zero-order valence-electron chi connectivity index (χ0n) is 11.5. The van der Waals surface area contributed by atoms with Crippen LogP contribution >= 0.6 is 0 Å². The molecule has 3 rings (SSSR count). The van der Waals surface area contributed by atoms with E-state index in [9.17, 15) is 9.00 Å². The topological polar surface area (TPSA) is 59.0 Å². The van der Waals surface area contributed by atoms with Gasteiger partial charge in [-0.2, -0.15) is 5.10 Å². The zero-order chi connectivity index (χ0) is 14.3. The summed E-state index contributed by atoms with van der Waals surface area (Å²) in [6.45, 7) is 4.08. The molecule has 2 heterocycles. The molecule has 0 radical (unpaired) electrons. The van der Waals surface area contributed by atoms with Gasteiger partial charge >= 0.3 is 5.97 Å². The number of nitrogens with zero attached hydrogens (tertiary/aromatic N) is 2. The highest BCUT2D eigenvalue weighted by atomic mass is 32.2. The van der Waals surface area contributed by atoms with Gasteiger partial charge in [-0.25, -0.2) is 4.79 Å². The lowest BCUT2D eigenvalue weighted by molar-refractivity contribution is -0.135. The number of anilines is 1. The van der Waals surface area contributed by atoms with Crippen molar-refractivity contribution in [2.75, 3.05) is 17.4 Å². The van der Waals surface area contributed by atoms with Crippen molar-refractivity contribution in [1.29, 1.82) is 0 Å². The van der Waals surface area contributed by atoms with E-state index in [1.54, 1.807) is 6.92 Å². The smallest absolute Gasteiger partial charge is 0.354 e. The molecule has 0 fully saturated rings. The van der Waals surface area contributed by atoms with Gasteiger partial charge in [0.2, 0.25) is 0 Å². The number of hydrogen-bond donors (Lipinski definition) is 0. The lowest BCUT2D eigenvalue weighted by Gasteiger charge is -2.38. The highest BCUT2D eigenvalue weighted by Gasteiger charge is 2.47. The number of rotatable bonds is 2. The molecule has 2 atom stereocenters. The highest BCUT2D eigenvalue weighted by Crippen LogP contribution is 2.41. The molecule has 0 saturated carbocycles.